The number of methoxy groups -OCH3 is 1. The average molecular weight is 315 g/mol. The van der Waals surface area contributed by atoms with Crippen LogP contribution >= 0.6 is 0 Å². The zero-order valence-corrected chi connectivity index (χ0v) is 11.9. The molecule has 3 rings (SSSR count). The Labute approximate surface area is 129 Å². The third kappa shape index (κ3) is 2.86. The van der Waals surface area contributed by atoms with E-state index in [1.54, 1.807) is 6.07 Å². The van der Waals surface area contributed by atoms with Gasteiger partial charge in [-0.2, -0.15) is 0 Å². The zero-order chi connectivity index (χ0) is 16.4. The number of aromatic nitrogens is 2. The highest BCUT2D eigenvalue weighted by atomic mass is 19.1. The van der Waals surface area contributed by atoms with E-state index in [2.05, 4.69) is 9.97 Å². The maximum Gasteiger partial charge on any atom is 0.273 e. The molecule has 3 aromatic rings. The summed E-state index contributed by atoms with van der Waals surface area (Å²) in [7, 11) is 1.34. The Kier molecular flexibility index (Phi) is 3.71. The number of rotatable bonds is 4. The van der Waals surface area contributed by atoms with E-state index in [-0.39, 0.29) is 23.1 Å². The molecule has 1 heterocycles. The van der Waals surface area contributed by atoms with Gasteiger partial charge in [0.15, 0.2) is 11.6 Å². The van der Waals surface area contributed by atoms with Gasteiger partial charge in [0.25, 0.3) is 5.69 Å². The Morgan fingerprint density at radius 2 is 2.04 bits per heavy atom. The molecule has 8 heteroatoms. The van der Waals surface area contributed by atoms with Gasteiger partial charge in [-0.25, -0.2) is 14.4 Å². The first-order valence-corrected chi connectivity index (χ1v) is 6.49. The van der Waals surface area contributed by atoms with Gasteiger partial charge in [-0.3, -0.25) is 10.1 Å². The maximum absolute atomic E-state index is 13.7. The first-order chi connectivity index (χ1) is 11.1. The van der Waals surface area contributed by atoms with Crippen LogP contribution in [0.3, 0.4) is 0 Å². The largest absolute Gasteiger partial charge is 0.494 e. The van der Waals surface area contributed by atoms with E-state index in [4.69, 9.17) is 9.47 Å². The molecule has 1 aromatic heterocycles. The Balaban J connectivity index is 2.06. The van der Waals surface area contributed by atoms with Crippen molar-refractivity contribution in [2.24, 2.45) is 0 Å². The van der Waals surface area contributed by atoms with Crippen LogP contribution in [-0.4, -0.2) is 22.0 Å². The van der Waals surface area contributed by atoms with Crippen LogP contribution in [0.5, 0.6) is 17.4 Å². The van der Waals surface area contributed by atoms with E-state index in [1.807, 2.05) is 0 Å². The maximum atomic E-state index is 13.7. The highest BCUT2D eigenvalue weighted by Gasteiger charge is 2.13. The second kappa shape index (κ2) is 5.84. The SMILES string of the molecule is COc1cc2c(Oc3cccc([N+](=O)[O-])c3)ncnc2cc1F. The molecule has 0 spiro atoms. The first-order valence-electron chi connectivity index (χ1n) is 6.49. The molecular formula is C15H10FN3O4. The summed E-state index contributed by atoms with van der Waals surface area (Å²) in [6.45, 7) is 0. The molecule has 0 N–H and O–H groups in total. The summed E-state index contributed by atoms with van der Waals surface area (Å²) in [5, 5.41) is 11.2. The number of nitro groups is 1. The van der Waals surface area contributed by atoms with Gasteiger partial charge in [0.1, 0.15) is 12.1 Å². The molecule has 0 unspecified atom stereocenters. The van der Waals surface area contributed by atoms with Crippen LogP contribution in [0.2, 0.25) is 0 Å². The number of halogens is 1. The van der Waals surface area contributed by atoms with Crippen LogP contribution < -0.4 is 9.47 Å². The number of non-ortho nitro benzene ring substituents is 1. The molecule has 0 fully saturated rings. The topological polar surface area (TPSA) is 87.4 Å². The molecule has 116 valence electrons. The quantitative estimate of drug-likeness (QED) is 0.541. The lowest BCUT2D eigenvalue weighted by atomic mass is 10.2. The van der Waals surface area contributed by atoms with Crippen LogP contribution in [0.15, 0.2) is 42.7 Å². The van der Waals surface area contributed by atoms with Crippen LogP contribution in [0.25, 0.3) is 10.9 Å². The summed E-state index contributed by atoms with van der Waals surface area (Å²) in [6, 6.07) is 8.30. The van der Waals surface area contributed by atoms with Crippen molar-refractivity contribution in [2.75, 3.05) is 7.11 Å². The number of benzene rings is 2. The molecule has 0 saturated heterocycles. The standard InChI is InChI=1S/C15H10FN3O4/c1-22-14-6-11-13(7-12(14)16)17-8-18-15(11)23-10-4-2-3-9(5-10)19(20)21/h2-8H,1H3. The molecule has 0 radical (unpaired) electrons. The summed E-state index contributed by atoms with van der Waals surface area (Å²) >= 11 is 0. The molecule has 23 heavy (non-hydrogen) atoms. The van der Waals surface area contributed by atoms with Gasteiger partial charge in [-0.05, 0) is 12.1 Å². The van der Waals surface area contributed by atoms with Gasteiger partial charge >= 0.3 is 0 Å². The van der Waals surface area contributed by atoms with Gasteiger partial charge in [0.2, 0.25) is 5.88 Å². The smallest absolute Gasteiger partial charge is 0.273 e. The van der Waals surface area contributed by atoms with Crippen LogP contribution in [0, 0.1) is 15.9 Å². The number of nitrogens with zero attached hydrogens (tertiary/aromatic N) is 3. The van der Waals surface area contributed by atoms with E-state index >= 15 is 0 Å². The summed E-state index contributed by atoms with van der Waals surface area (Å²) in [5.41, 5.74) is 0.225. The van der Waals surface area contributed by atoms with E-state index < -0.39 is 10.7 Å². The highest BCUT2D eigenvalue weighted by Crippen LogP contribution is 2.32. The fourth-order valence-electron chi connectivity index (χ4n) is 2.04. The molecule has 0 aliphatic rings. The van der Waals surface area contributed by atoms with Crippen molar-refractivity contribution >= 4 is 16.6 Å². The predicted octanol–water partition coefficient (Wildman–Crippen LogP) is 3.48. The summed E-state index contributed by atoms with van der Waals surface area (Å²) in [5.74, 6) is -0.146. The second-order valence-electron chi connectivity index (χ2n) is 4.54. The molecule has 2 aromatic carbocycles. The summed E-state index contributed by atoms with van der Waals surface area (Å²) < 4.78 is 24.2. The van der Waals surface area contributed by atoms with Crippen molar-refractivity contribution < 1.29 is 18.8 Å². The van der Waals surface area contributed by atoms with E-state index in [0.717, 1.165) is 0 Å². The van der Waals surface area contributed by atoms with Crippen molar-refractivity contribution in [2.45, 2.75) is 0 Å². The number of nitro benzene ring substituents is 1. The minimum Gasteiger partial charge on any atom is -0.494 e. The Morgan fingerprint density at radius 3 is 2.78 bits per heavy atom. The number of hydrogen-bond donors (Lipinski definition) is 0. The molecule has 0 aliphatic heterocycles. The van der Waals surface area contributed by atoms with Gasteiger partial charge in [-0.15, -0.1) is 0 Å². The van der Waals surface area contributed by atoms with E-state index in [1.165, 1.54) is 43.8 Å². The second-order valence-corrected chi connectivity index (χ2v) is 4.54. The third-order valence-corrected chi connectivity index (χ3v) is 3.12. The van der Waals surface area contributed by atoms with Gasteiger partial charge in [-0.1, -0.05) is 6.07 Å². The molecule has 0 amide bonds. The van der Waals surface area contributed by atoms with Crippen LogP contribution in [-0.2, 0) is 0 Å². The Bertz CT molecular complexity index is 901. The van der Waals surface area contributed by atoms with Gasteiger partial charge in [0, 0.05) is 12.1 Å². The fourth-order valence-corrected chi connectivity index (χ4v) is 2.04. The normalized spacial score (nSPS) is 10.5. The van der Waals surface area contributed by atoms with Crippen LogP contribution in [0.4, 0.5) is 10.1 Å². The fraction of sp³-hybridized carbons (Fsp3) is 0.0667. The van der Waals surface area contributed by atoms with E-state index in [0.29, 0.717) is 10.9 Å². The summed E-state index contributed by atoms with van der Waals surface area (Å²) in [6.07, 6.45) is 1.22. The van der Waals surface area contributed by atoms with Crippen molar-refractivity contribution in [1.29, 1.82) is 0 Å². The van der Waals surface area contributed by atoms with Crippen molar-refractivity contribution in [1.82, 2.24) is 9.97 Å². The van der Waals surface area contributed by atoms with Gasteiger partial charge in [0.05, 0.1) is 29.0 Å². The van der Waals surface area contributed by atoms with Crippen molar-refractivity contribution in [3.05, 3.63) is 58.7 Å². The highest BCUT2D eigenvalue weighted by molar-refractivity contribution is 5.85. The average Bonchev–Trinajstić information content (AvgIpc) is 2.54. The summed E-state index contributed by atoms with van der Waals surface area (Å²) in [4.78, 5) is 18.3. The molecule has 0 saturated carbocycles. The van der Waals surface area contributed by atoms with Gasteiger partial charge < -0.3 is 9.47 Å². The van der Waals surface area contributed by atoms with Crippen LogP contribution in [0.1, 0.15) is 0 Å². The lowest BCUT2D eigenvalue weighted by molar-refractivity contribution is -0.384. The monoisotopic (exact) mass is 315 g/mol. The first kappa shape index (κ1) is 14.6. The third-order valence-electron chi connectivity index (χ3n) is 3.12. The minimum atomic E-state index is -0.556. The van der Waals surface area contributed by atoms with Crippen molar-refractivity contribution in [3.63, 3.8) is 0 Å². The van der Waals surface area contributed by atoms with E-state index in [9.17, 15) is 14.5 Å². The predicted molar refractivity (Wildman–Crippen MR) is 79.2 cm³/mol. The number of hydrogen-bond acceptors (Lipinski definition) is 6. The number of fused-ring (bicyclic) bond motifs is 1. The molecule has 0 atom stereocenters. The number of ether oxygens (including phenoxy) is 2. The Hall–Kier alpha value is -3.29. The van der Waals surface area contributed by atoms with Crippen molar-refractivity contribution in [3.8, 4) is 17.4 Å². The molecule has 7 nitrogen and oxygen atoms in total. The molecular weight excluding hydrogens is 305 g/mol. The molecule has 0 aliphatic carbocycles. The lowest BCUT2D eigenvalue weighted by Gasteiger charge is -2.09. The minimum absolute atomic E-state index is 0.0243. The molecule has 0 bridgehead atoms. The zero-order valence-electron chi connectivity index (χ0n) is 11.9. The lowest BCUT2D eigenvalue weighted by Crippen LogP contribution is -1.95. The Morgan fingerprint density at radius 1 is 1.22 bits per heavy atom.